The van der Waals surface area contributed by atoms with Crippen LogP contribution in [0.4, 0.5) is 0 Å². The van der Waals surface area contributed by atoms with E-state index in [1.165, 1.54) is 38.5 Å². The molecule has 0 N–H and O–H groups in total. The Labute approximate surface area is 222 Å². The van der Waals surface area contributed by atoms with Crippen molar-refractivity contribution in [3.8, 4) is 0 Å². The first-order chi connectivity index (χ1) is 16.0. The summed E-state index contributed by atoms with van der Waals surface area (Å²) < 4.78 is 14.0. The van der Waals surface area contributed by atoms with Crippen LogP contribution in [0.25, 0.3) is 0 Å². The average molecular weight is 537 g/mol. The summed E-state index contributed by atoms with van der Waals surface area (Å²) in [5, 5.41) is 0. The monoisotopic (exact) mass is 536 g/mol. The number of ether oxygens (including phenoxy) is 2. The number of rotatable bonds is 6. The highest BCUT2D eigenvalue weighted by molar-refractivity contribution is 6.80. The molecule has 0 amide bonds. The van der Waals surface area contributed by atoms with E-state index in [4.69, 9.17) is 9.47 Å². The number of hydrogen-bond acceptors (Lipinski definition) is 2. The average Bonchev–Trinajstić information content (AvgIpc) is 3.48. The predicted octanol–water partition coefficient (Wildman–Crippen LogP) is 8.87. The molecule has 12 atom stereocenters. The fraction of sp³-hybridized carbons (Fsp3) is 1.00. The van der Waals surface area contributed by atoms with E-state index in [0.29, 0.717) is 23.7 Å². The Morgan fingerprint density at radius 3 is 1.14 bits per heavy atom. The molecule has 4 aliphatic rings. The molecule has 12 unspecified atom stereocenters. The van der Waals surface area contributed by atoms with Gasteiger partial charge in [-0.2, -0.15) is 0 Å². The zero-order valence-electron chi connectivity index (χ0n) is 25.5. The minimum Gasteiger partial charge on any atom is -0.378 e. The van der Waals surface area contributed by atoms with Crippen molar-refractivity contribution in [3.05, 3.63) is 0 Å². The maximum absolute atomic E-state index is 6.98. The van der Waals surface area contributed by atoms with Crippen molar-refractivity contribution in [1.82, 2.24) is 0 Å². The van der Waals surface area contributed by atoms with E-state index in [0.717, 1.165) is 46.6 Å². The van der Waals surface area contributed by atoms with E-state index in [9.17, 15) is 0 Å². The van der Waals surface area contributed by atoms with Crippen LogP contribution in [0.1, 0.15) is 66.2 Å². The van der Waals surface area contributed by atoms with Crippen molar-refractivity contribution in [2.45, 2.75) is 153 Å². The summed E-state index contributed by atoms with van der Waals surface area (Å²) in [4.78, 5) is 0. The normalized spacial score (nSPS) is 47.7. The minimum absolute atomic E-state index is 0.530. The first-order valence-electron chi connectivity index (χ1n) is 15.3. The van der Waals surface area contributed by atoms with Crippen molar-refractivity contribution in [1.29, 1.82) is 0 Å². The fourth-order valence-electron chi connectivity index (χ4n) is 9.75. The fourth-order valence-corrected chi connectivity index (χ4v) is 19.7. The molecule has 0 aromatic carbocycles. The molecular formula is C30H60O2Si3. The summed E-state index contributed by atoms with van der Waals surface area (Å²) in [6.45, 7) is 31.1. The Balaban J connectivity index is 1.60. The zero-order chi connectivity index (χ0) is 26.1. The molecule has 35 heavy (non-hydrogen) atoms. The Morgan fingerprint density at radius 1 is 0.514 bits per heavy atom. The van der Waals surface area contributed by atoms with Gasteiger partial charge in [-0.05, 0) is 85.1 Å². The summed E-state index contributed by atoms with van der Waals surface area (Å²) in [7, 11) is -4.06. The van der Waals surface area contributed by atoms with Gasteiger partial charge in [0, 0.05) is 11.5 Å². The second kappa shape index (κ2) is 9.95. The molecule has 0 spiro atoms. The van der Waals surface area contributed by atoms with Crippen molar-refractivity contribution in [3.63, 3.8) is 0 Å². The van der Waals surface area contributed by atoms with Crippen LogP contribution in [-0.2, 0) is 9.47 Å². The highest BCUT2D eigenvalue weighted by atomic mass is 28.3. The molecule has 2 aliphatic heterocycles. The largest absolute Gasteiger partial charge is 0.378 e. The van der Waals surface area contributed by atoms with Gasteiger partial charge in [0.25, 0.3) is 0 Å². The molecule has 0 bridgehead atoms. The van der Waals surface area contributed by atoms with E-state index in [1.807, 2.05) is 0 Å². The Kier molecular flexibility index (Phi) is 8.12. The minimum atomic E-state index is -1.58. The lowest BCUT2D eigenvalue weighted by molar-refractivity contribution is 0.0358. The third-order valence-corrected chi connectivity index (χ3v) is 21.9. The highest BCUT2D eigenvalue weighted by Crippen LogP contribution is 2.63. The maximum Gasteiger partial charge on any atom is 0.0785 e. The van der Waals surface area contributed by atoms with E-state index >= 15 is 0 Å². The van der Waals surface area contributed by atoms with Crippen LogP contribution >= 0.6 is 0 Å². The summed E-state index contributed by atoms with van der Waals surface area (Å²) in [5.74, 6) is 4.98. The highest BCUT2D eigenvalue weighted by Gasteiger charge is 2.59. The lowest BCUT2D eigenvalue weighted by Gasteiger charge is -2.47. The van der Waals surface area contributed by atoms with Crippen LogP contribution in [0.5, 0.6) is 0 Å². The quantitative estimate of drug-likeness (QED) is 0.316. The lowest BCUT2D eigenvalue weighted by atomic mass is 9.95. The summed E-state index contributed by atoms with van der Waals surface area (Å²) in [5.41, 5.74) is 2.95. The SMILES string of the molecule is CC1CC(C2CCC([Si](C)(C)C)O2)C([Si](C)(C)C2C(C)C(C)CC2C2CCC([Si](C)(C)C)O2)C1C. The van der Waals surface area contributed by atoms with Gasteiger partial charge in [-0.3, -0.25) is 0 Å². The van der Waals surface area contributed by atoms with Gasteiger partial charge in [0.05, 0.1) is 36.4 Å². The molecule has 5 heteroatoms. The molecule has 0 aromatic heterocycles. The molecule has 4 rings (SSSR count). The second-order valence-corrected chi connectivity index (χ2v) is 32.3. The summed E-state index contributed by atoms with van der Waals surface area (Å²) >= 11 is 0. The molecule has 0 radical (unpaired) electrons. The Morgan fingerprint density at radius 2 is 0.857 bits per heavy atom. The van der Waals surface area contributed by atoms with Crippen LogP contribution < -0.4 is 0 Å². The van der Waals surface area contributed by atoms with Gasteiger partial charge in [0.2, 0.25) is 0 Å². The molecule has 2 heterocycles. The molecule has 2 saturated heterocycles. The van der Waals surface area contributed by atoms with Crippen LogP contribution in [-0.4, -0.2) is 47.9 Å². The topological polar surface area (TPSA) is 18.5 Å². The summed E-state index contributed by atoms with van der Waals surface area (Å²) in [6, 6.07) is 0. The number of hydrogen-bond donors (Lipinski definition) is 0. The molecule has 2 nitrogen and oxygen atoms in total. The van der Waals surface area contributed by atoms with Crippen LogP contribution in [0, 0.1) is 35.5 Å². The van der Waals surface area contributed by atoms with Gasteiger partial charge in [0.15, 0.2) is 0 Å². The third kappa shape index (κ3) is 5.38. The van der Waals surface area contributed by atoms with Gasteiger partial charge in [-0.15, -0.1) is 0 Å². The smallest absolute Gasteiger partial charge is 0.0785 e. The van der Waals surface area contributed by atoms with Crippen molar-refractivity contribution in [2.24, 2.45) is 35.5 Å². The zero-order valence-corrected chi connectivity index (χ0v) is 28.5. The van der Waals surface area contributed by atoms with Crippen molar-refractivity contribution >= 4 is 24.2 Å². The third-order valence-electron chi connectivity index (χ3n) is 11.8. The van der Waals surface area contributed by atoms with E-state index in [1.54, 1.807) is 0 Å². The van der Waals surface area contributed by atoms with Crippen molar-refractivity contribution in [2.75, 3.05) is 0 Å². The summed E-state index contributed by atoms with van der Waals surface area (Å²) in [6.07, 6.45) is 9.16. The predicted molar refractivity (Wildman–Crippen MR) is 160 cm³/mol. The van der Waals surface area contributed by atoms with Crippen LogP contribution in [0.3, 0.4) is 0 Å². The van der Waals surface area contributed by atoms with E-state index in [-0.39, 0.29) is 0 Å². The van der Waals surface area contributed by atoms with Gasteiger partial charge < -0.3 is 9.47 Å². The molecule has 4 fully saturated rings. The molecular weight excluding hydrogens is 477 g/mol. The van der Waals surface area contributed by atoms with Gasteiger partial charge in [-0.1, -0.05) is 80.1 Å². The second-order valence-electron chi connectivity index (χ2n) is 16.6. The van der Waals surface area contributed by atoms with Gasteiger partial charge in [-0.25, -0.2) is 0 Å². The molecule has 2 aliphatic carbocycles. The van der Waals surface area contributed by atoms with Crippen LogP contribution in [0.2, 0.25) is 63.5 Å². The first kappa shape index (κ1) is 28.6. The maximum atomic E-state index is 6.98. The Bertz CT molecular complexity index is 681. The van der Waals surface area contributed by atoms with Gasteiger partial charge >= 0.3 is 0 Å². The standard InChI is InChI=1S/C30H60O2Si3/c1-19-17-23(25-13-15-27(31-25)33(5,6)7)29(21(19)3)35(11,12)30-22(4)20(2)18-24(30)26-14-16-28(32-26)34(8,9)10/h19-30H,13-18H2,1-12H3. The van der Waals surface area contributed by atoms with E-state index in [2.05, 4.69) is 80.1 Å². The molecule has 2 saturated carbocycles. The van der Waals surface area contributed by atoms with Crippen LogP contribution in [0.15, 0.2) is 0 Å². The molecule has 0 aromatic rings. The van der Waals surface area contributed by atoms with E-state index < -0.39 is 24.2 Å². The Hall–Kier alpha value is 0.571. The van der Waals surface area contributed by atoms with Crippen molar-refractivity contribution < 1.29 is 9.47 Å². The molecule has 204 valence electrons. The van der Waals surface area contributed by atoms with Gasteiger partial charge in [0.1, 0.15) is 0 Å². The first-order valence-corrected chi connectivity index (χ1v) is 25.6. The lowest BCUT2D eigenvalue weighted by Crippen LogP contribution is -2.49.